The SMILES string of the molecule is CCCC(C)C(C)CCCC(C)CC. The third kappa shape index (κ3) is 6.45. The lowest BCUT2D eigenvalue weighted by Crippen LogP contribution is -2.08. The molecule has 0 fully saturated rings. The summed E-state index contributed by atoms with van der Waals surface area (Å²) in [6.45, 7) is 11.8. The van der Waals surface area contributed by atoms with Crippen LogP contribution in [0.25, 0.3) is 0 Å². The Hall–Kier alpha value is 0. The predicted octanol–water partition coefficient (Wildman–Crippen LogP) is 5.28. The third-order valence-electron chi connectivity index (χ3n) is 3.77. The van der Waals surface area contributed by atoms with Crippen LogP contribution in [-0.4, -0.2) is 0 Å². The molecular formula is C14H30. The summed E-state index contributed by atoms with van der Waals surface area (Å²) in [5, 5.41) is 0. The molecule has 0 aliphatic heterocycles. The van der Waals surface area contributed by atoms with Crippen molar-refractivity contribution in [3.05, 3.63) is 0 Å². The molecule has 0 aromatic rings. The van der Waals surface area contributed by atoms with Gasteiger partial charge in [-0.05, 0) is 17.8 Å². The van der Waals surface area contributed by atoms with Crippen molar-refractivity contribution < 1.29 is 0 Å². The fraction of sp³-hybridized carbons (Fsp3) is 1.00. The predicted molar refractivity (Wildman–Crippen MR) is 66.5 cm³/mol. The van der Waals surface area contributed by atoms with Gasteiger partial charge in [0.15, 0.2) is 0 Å². The van der Waals surface area contributed by atoms with Crippen LogP contribution in [0.5, 0.6) is 0 Å². The van der Waals surface area contributed by atoms with E-state index in [1.54, 1.807) is 0 Å². The van der Waals surface area contributed by atoms with E-state index in [1.807, 2.05) is 0 Å². The van der Waals surface area contributed by atoms with Crippen LogP contribution >= 0.6 is 0 Å². The summed E-state index contributed by atoms with van der Waals surface area (Å²) in [5.74, 6) is 2.79. The summed E-state index contributed by atoms with van der Waals surface area (Å²) in [5.41, 5.74) is 0. The molecule has 0 saturated carbocycles. The van der Waals surface area contributed by atoms with Crippen molar-refractivity contribution >= 4 is 0 Å². The molecule has 0 N–H and O–H groups in total. The largest absolute Gasteiger partial charge is 0.0654 e. The molecule has 3 unspecified atom stereocenters. The molecule has 0 amide bonds. The molecule has 0 aromatic heterocycles. The van der Waals surface area contributed by atoms with Crippen molar-refractivity contribution in [2.45, 2.75) is 73.1 Å². The van der Waals surface area contributed by atoms with E-state index in [0.717, 1.165) is 17.8 Å². The van der Waals surface area contributed by atoms with Crippen LogP contribution in [0.1, 0.15) is 73.1 Å². The Morgan fingerprint density at radius 1 is 0.786 bits per heavy atom. The topological polar surface area (TPSA) is 0 Å². The molecule has 0 aromatic carbocycles. The molecule has 0 aliphatic carbocycles. The van der Waals surface area contributed by atoms with Gasteiger partial charge in [0.05, 0.1) is 0 Å². The van der Waals surface area contributed by atoms with Crippen molar-refractivity contribution in [2.24, 2.45) is 17.8 Å². The van der Waals surface area contributed by atoms with Crippen LogP contribution in [0.15, 0.2) is 0 Å². The first-order chi connectivity index (χ1) is 6.61. The number of hydrogen-bond donors (Lipinski definition) is 0. The molecular weight excluding hydrogens is 168 g/mol. The first-order valence-electron chi connectivity index (χ1n) is 6.61. The van der Waals surface area contributed by atoms with Gasteiger partial charge in [0.2, 0.25) is 0 Å². The van der Waals surface area contributed by atoms with Gasteiger partial charge in [-0.3, -0.25) is 0 Å². The highest BCUT2D eigenvalue weighted by molar-refractivity contribution is 4.62. The second kappa shape index (κ2) is 8.32. The zero-order chi connectivity index (χ0) is 11.0. The quantitative estimate of drug-likeness (QED) is 0.498. The monoisotopic (exact) mass is 198 g/mol. The molecule has 0 nitrogen and oxygen atoms in total. The van der Waals surface area contributed by atoms with E-state index in [-0.39, 0.29) is 0 Å². The Kier molecular flexibility index (Phi) is 8.32. The summed E-state index contributed by atoms with van der Waals surface area (Å²) in [6.07, 6.45) is 8.40. The lowest BCUT2D eigenvalue weighted by molar-refractivity contribution is 0.321. The first-order valence-corrected chi connectivity index (χ1v) is 6.61. The molecule has 0 saturated heterocycles. The smallest absolute Gasteiger partial charge is 0.0417 e. The standard InChI is InChI=1S/C14H30/c1-6-9-13(4)14(5)11-8-10-12(3)7-2/h12-14H,6-11H2,1-5H3. The Bertz CT molecular complexity index is 117. The zero-order valence-corrected chi connectivity index (χ0v) is 11.0. The van der Waals surface area contributed by atoms with Crippen molar-refractivity contribution in [1.29, 1.82) is 0 Å². The Morgan fingerprint density at radius 2 is 1.36 bits per heavy atom. The molecule has 0 radical (unpaired) electrons. The Balaban J connectivity index is 3.47. The summed E-state index contributed by atoms with van der Waals surface area (Å²) >= 11 is 0. The lowest BCUT2D eigenvalue weighted by Gasteiger charge is -2.19. The molecule has 14 heavy (non-hydrogen) atoms. The van der Waals surface area contributed by atoms with Crippen LogP contribution in [0, 0.1) is 17.8 Å². The molecule has 0 rings (SSSR count). The van der Waals surface area contributed by atoms with Crippen LogP contribution in [0.3, 0.4) is 0 Å². The average molecular weight is 198 g/mol. The van der Waals surface area contributed by atoms with Gasteiger partial charge in [-0.2, -0.15) is 0 Å². The van der Waals surface area contributed by atoms with Crippen LogP contribution in [-0.2, 0) is 0 Å². The van der Waals surface area contributed by atoms with Crippen molar-refractivity contribution in [3.63, 3.8) is 0 Å². The van der Waals surface area contributed by atoms with E-state index < -0.39 is 0 Å². The molecule has 0 spiro atoms. The number of rotatable bonds is 8. The maximum atomic E-state index is 2.43. The maximum absolute atomic E-state index is 2.43. The van der Waals surface area contributed by atoms with E-state index in [1.165, 1.54) is 38.5 Å². The van der Waals surface area contributed by atoms with Gasteiger partial charge in [-0.1, -0.05) is 73.1 Å². The van der Waals surface area contributed by atoms with Gasteiger partial charge in [0.25, 0.3) is 0 Å². The minimum Gasteiger partial charge on any atom is -0.0654 e. The zero-order valence-electron chi connectivity index (χ0n) is 11.0. The number of hydrogen-bond acceptors (Lipinski definition) is 0. The highest BCUT2D eigenvalue weighted by Crippen LogP contribution is 2.23. The minimum absolute atomic E-state index is 0.928. The van der Waals surface area contributed by atoms with Gasteiger partial charge in [0.1, 0.15) is 0 Å². The fourth-order valence-corrected chi connectivity index (χ4v) is 2.02. The van der Waals surface area contributed by atoms with E-state index >= 15 is 0 Å². The van der Waals surface area contributed by atoms with Crippen LogP contribution in [0.2, 0.25) is 0 Å². The molecule has 0 heterocycles. The van der Waals surface area contributed by atoms with Crippen LogP contribution in [0.4, 0.5) is 0 Å². The average Bonchev–Trinajstić information content (AvgIpc) is 2.17. The first kappa shape index (κ1) is 14.0. The normalized spacial score (nSPS) is 17.8. The molecule has 0 bridgehead atoms. The second-order valence-electron chi connectivity index (χ2n) is 5.19. The molecule has 3 atom stereocenters. The van der Waals surface area contributed by atoms with Gasteiger partial charge < -0.3 is 0 Å². The summed E-state index contributed by atoms with van der Waals surface area (Å²) in [6, 6.07) is 0. The highest BCUT2D eigenvalue weighted by atomic mass is 14.2. The van der Waals surface area contributed by atoms with Crippen LogP contribution < -0.4 is 0 Å². The third-order valence-corrected chi connectivity index (χ3v) is 3.77. The Labute approximate surface area is 91.5 Å². The van der Waals surface area contributed by atoms with E-state index in [0.29, 0.717) is 0 Å². The highest BCUT2D eigenvalue weighted by Gasteiger charge is 2.11. The van der Waals surface area contributed by atoms with Crippen molar-refractivity contribution in [1.82, 2.24) is 0 Å². The fourth-order valence-electron chi connectivity index (χ4n) is 2.02. The van der Waals surface area contributed by atoms with Gasteiger partial charge in [0, 0.05) is 0 Å². The van der Waals surface area contributed by atoms with E-state index in [2.05, 4.69) is 34.6 Å². The van der Waals surface area contributed by atoms with Gasteiger partial charge >= 0.3 is 0 Å². The summed E-state index contributed by atoms with van der Waals surface area (Å²) in [4.78, 5) is 0. The van der Waals surface area contributed by atoms with E-state index in [4.69, 9.17) is 0 Å². The lowest BCUT2D eigenvalue weighted by atomic mass is 9.87. The minimum atomic E-state index is 0.928. The van der Waals surface area contributed by atoms with Crippen molar-refractivity contribution in [2.75, 3.05) is 0 Å². The van der Waals surface area contributed by atoms with Gasteiger partial charge in [-0.15, -0.1) is 0 Å². The van der Waals surface area contributed by atoms with Crippen molar-refractivity contribution in [3.8, 4) is 0 Å². The maximum Gasteiger partial charge on any atom is -0.0417 e. The Morgan fingerprint density at radius 3 is 1.86 bits per heavy atom. The molecule has 0 aliphatic rings. The summed E-state index contributed by atoms with van der Waals surface area (Å²) in [7, 11) is 0. The molecule has 86 valence electrons. The molecule has 0 heteroatoms. The summed E-state index contributed by atoms with van der Waals surface area (Å²) < 4.78 is 0. The van der Waals surface area contributed by atoms with Gasteiger partial charge in [-0.25, -0.2) is 0 Å². The van der Waals surface area contributed by atoms with E-state index in [9.17, 15) is 0 Å². The second-order valence-corrected chi connectivity index (χ2v) is 5.19.